The number of ether oxygens (including phenoxy) is 2. The Hall–Kier alpha value is -3.80. The molecule has 6 heteroatoms. The van der Waals surface area contributed by atoms with Crippen molar-refractivity contribution in [3.05, 3.63) is 95.1 Å². The van der Waals surface area contributed by atoms with E-state index in [1.54, 1.807) is 24.3 Å². The van der Waals surface area contributed by atoms with Crippen molar-refractivity contribution in [2.75, 3.05) is 13.2 Å². The Morgan fingerprint density at radius 3 is 1.38 bits per heavy atom. The first kappa shape index (κ1) is 22.9. The van der Waals surface area contributed by atoms with Crippen LogP contribution in [0.15, 0.2) is 72.8 Å². The van der Waals surface area contributed by atoms with E-state index < -0.39 is 0 Å². The molecule has 32 heavy (non-hydrogen) atoms. The molecular formula is C26H28N2O4. The molecule has 2 amide bonds. The number of nitrogens with one attached hydrogen (secondary N) is 2. The maximum Gasteiger partial charge on any atom is 0.255 e. The summed E-state index contributed by atoms with van der Waals surface area (Å²) in [6.45, 7) is 5.56. The first-order valence-electron chi connectivity index (χ1n) is 10.7. The van der Waals surface area contributed by atoms with Crippen LogP contribution in [-0.4, -0.2) is 25.0 Å². The molecule has 0 radical (unpaired) electrons. The van der Waals surface area contributed by atoms with Crippen molar-refractivity contribution >= 4 is 11.8 Å². The van der Waals surface area contributed by atoms with Crippen molar-refractivity contribution in [2.45, 2.75) is 26.9 Å². The summed E-state index contributed by atoms with van der Waals surface area (Å²) < 4.78 is 11.0. The molecular weight excluding hydrogens is 404 g/mol. The average molecular weight is 433 g/mol. The van der Waals surface area contributed by atoms with E-state index in [-0.39, 0.29) is 11.8 Å². The van der Waals surface area contributed by atoms with Crippen molar-refractivity contribution < 1.29 is 19.1 Å². The van der Waals surface area contributed by atoms with Crippen molar-refractivity contribution in [3.8, 4) is 11.5 Å². The first-order valence-corrected chi connectivity index (χ1v) is 10.7. The minimum absolute atomic E-state index is 0.182. The molecule has 0 heterocycles. The minimum Gasteiger partial charge on any atom is -0.493 e. The van der Waals surface area contributed by atoms with E-state index in [1.807, 2.05) is 62.4 Å². The van der Waals surface area contributed by atoms with Crippen LogP contribution in [0, 0.1) is 0 Å². The molecule has 0 aliphatic carbocycles. The lowest BCUT2D eigenvalue weighted by atomic mass is 10.1. The summed E-state index contributed by atoms with van der Waals surface area (Å²) >= 11 is 0. The number of hydrogen-bond acceptors (Lipinski definition) is 4. The Kier molecular flexibility index (Phi) is 8.26. The van der Waals surface area contributed by atoms with Gasteiger partial charge < -0.3 is 20.1 Å². The average Bonchev–Trinajstić information content (AvgIpc) is 2.83. The zero-order valence-electron chi connectivity index (χ0n) is 18.4. The number of rotatable bonds is 10. The molecule has 0 atom stereocenters. The predicted molar refractivity (Wildman–Crippen MR) is 124 cm³/mol. The second kappa shape index (κ2) is 11.6. The standard InChI is InChI=1S/C26H28N2O4/c1-3-31-23-11-7-5-9-21(23)25(29)27-17-19-13-15-20(16-14-19)18-28-26(30)22-10-6-8-12-24(22)32-4-2/h5-16H,3-4,17-18H2,1-2H3,(H,27,29)(H,28,30). The van der Waals surface area contributed by atoms with E-state index in [0.717, 1.165) is 11.1 Å². The molecule has 0 aromatic heterocycles. The topological polar surface area (TPSA) is 76.7 Å². The fourth-order valence-corrected chi connectivity index (χ4v) is 3.20. The summed E-state index contributed by atoms with van der Waals surface area (Å²) in [5.41, 5.74) is 2.95. The predicted octanol–water partition coefficient (Wildman–Crippen LogP) is 4.34. The number of carbonyl (C=O) groups is 2. The largest absolute Gasteiger partial charge is 0.493 e. The molecule has 0 spiro atoms. The van der Waals surface area contributed by atoms with E-state index >= 15 is 0 Å². The molecule has 0 aliphatic heterocycles. The quantitative estimate of drug-likeness (QED) is 0.500. The van der Waals surface area contributed by atoms with Gasteiger partial charge in [-0.3, -0.25) is 9.59 Å². The summed E-state index contributed by atoms with van der Waals surface area (Å²) in [5, 5.41) is 5.84. The monoisotopic (exact) mass is 432 g/mol. The Morgan fingerprint density at radius 1 is 0.625 bits per heavy atom. The maximum absolute atomic E-state index is 12.5. The van der Waals surface area contributed by atoms with Gasteiger partial charge in [0.1, 0.15) is 11.5 Å². The molecule has 0 saturated carbocycles. The lowest BCUT2D eigenvalue weighted by molar-refractivity contribution is 0.0938. The van der Waals surface area contributed by atoms with Crippen LogP contribution in [0.5, 0.6) is 11.5 Å². The van der Waals surface area contributed by atoms with E-state index in [0.29, 0.717) is 48.9 Å². The third-order valence-corrected chi connectivity index (χ3v) is 4.79. The van der Waals surface area contributed by atoms with Gasteiger partial charge in [-0.15, -0.1) is 0 Å². The summed E-state index contributed by atoms with van der Waals surface area (Å²) in [7, 11) is 0. The van der Waals surface area contributed by atoms with Gasteiger partial charge in [0.15, 0.2) is 0 Å². The van der Waals surface area contributed by atoms with Crippen LogP contribution in [0.25, 0.3) is 0 Å². The van der Waals surface area contributed by atoms with Gasteiger partial charge in [0.25, 0.3) is 11.8 Å². The Morgan fingerprint density at radius 2 is 1.00 bits per heavy atom. The molecule has 0 fully saturated rings. The van der Waals surface area contributed by atoms with Gasteiger partial charge in [0.05, 0.1) is 24.3 Å². The minimum atomic E-state index is -0.182. The third-order valence-electron chi connectivity index (χ3n) is 4.79. The molecule has 3 aromatic rings. The highest BCUT2D eigenvalue weighted by Crippen LogP contribution is 2.19. The van der Waals surface area contributed by atoms with Gasteiger partial charge >= 0.3 is 0 Å². The Bertz CT molecular complexity index is 963. The highest BCUT2D eigenvalue weighted by molar-refractivity contribution is 5.97. The number of benzene rings is 3. The van der Waals surface area contributed by atoms with Gasteiger partial charge in [-0.2, -0.15) is 0 Å². The summed E-state index contributed by atoms with van der Waals surface area (Å²) in [4.78, 5) is 25.0. The van der Waals surface area contributed by atoms with Crippen molar-refractivity contribution in [1.82, 2.24) is 10.6 Å². The van der Waals surface area contributed by atoms with Gasteiger partial charge in [-0.1, -0.05) is 48.5 Å². The van der Waals surface area contributed by atoms with Gasteiger partial charge in [0.2, 0.25) is 0 Å². The SMILES string of the molecule is CCOc1ccccc1C(=O)NCc1ccc(CNC(=O)c2ccccc2OCC)cc1. The molecule has 2 N–H and O–H groups in total. The summed E-state index contributed by atoms with van der Waals surface area (Å²) in [5.74, 6) is 0.783. The smallest absolute Gasteiger partial charge is 0.255 e. The number of para-hydroxylation sites is 2. The second-order valence-electron chi connectivity index (χ2n) is 7.04. The summed E-state index contributed by atoms with van der Waals surface area (Å²) in [6.07, 6.45) is 0. The lowest BCUT2D eigenvalue weighted by Gasteiger charge is -2.12. The fourth-order valence-electron chi connectivity index (χ4n) is 3.20. The zero-order valence-corrected chi connectivity index (χ0v) is 18.4. The summed E-state index contributed by atoms with van der Waals surface area (Å²) in [6, 6.07) is 22.1. The Balaban J connectivity index is 1.53. The van der Waals surface area contributed by atoms with E-state index in [1.165, 1.54) is 0 Å². The highest BCUT2D eigenvalue weighted by Gasteiger charge is 2.12. The van der Waals surface area contributed by atoms with E-state index in [2.05, 4.69) is 10.6 Å². The van der Waals surface area contributed by atoms with Crippen molar-refractivity contribution in [3.63, 3.8) is 0 Å². The second-order valence-corrected chi connectivity index (χ2v) is 7.04. The first-order chi connectivity index (χ1) is 15.6. The third kappa shape index (κ3) is 6.11. The molecule has 0 bridgehead atoms. The van der Waals surface area contributed by atoms with Gasteiger partial charge in [-0.25, -0.2) is 0 Å². The molecule has 6 nitrogen and oxygen atoms in total. The van der Waals surface area contributed by atoms with Crippen LogP contribution < -0.4 is 20.1 Å². The lowest BCUT2D eigenvalue weighted by Crippen LogP contribution is -2.24. The van der Waals surface area contributed by atoms with Crippen LogP contribution >= 0.6 is 0 Å². The molecule has 166 valence electrons. The van der Waals surface area contributed by atoms with E-state index in [9.17, 15) is 9.59 Å². The number of hydrogen-bond donors (Lipinski definition) is 2. The van der Waals surface area contributed by atoms with Crippen molar-refractivity contribution in [1.29, 1.82) is 0 Å². The van der Waals surface area contributed by atoms with Gasteiger partial charge in [0, 0.05) is 13.1 Å². The molecule has 0 saturated heterocycles. The fraction of sp³-hybridized carbons (Fsp3) is 0.231. The molecule has 3 rings (SSSR count). The number of amides is 2. The van der Waals surface area contributed by atoms with Crippen LogP contribution in [0.2, 0.25) is 0 Å². The molecule has 0 unspecified atom stereocenters. The number of carbonyl (C=O) groups excluding carboxylic acids is 2. The van der Waals surface area contributed by atoms with Crippen LogP contribution in [0.3, 0.4) is 0 Å². The molecule has 3 aromatic carbocycles. The normalized spacial score (nSPS) is 10.3. The van der Waals surface area contributed by atoms with Crippen LogP contribution in [-0.2, 0) is 13.1 Å². The maximum atomic E-state index is 12.5. The van der Waals surface area contributed by atoms with Crippen LogP contribution in [0.4, 0.5) is 0 Å². The zero-order chi connectivity index (χ0) is 22.8. The van der Waals surface area contributed by atoms with Crippen molar-refractivity contribution in [2.24, 2.45) is 0 Å². The van der Waals surface area contributed by atoms with Crippen LogP contribution in [0.1, 0.15) is 45.7 Å². The van der Waals surface area contributed by atoms with E-state index in [4.69, 9.17) is 9.47 Å². The van der Waals surface area contributed by atoms with Gasteiger partial charge in [-0.05, 0) is 49.2 Å². The highest BCUT2D eigenvalue weighted by atomic mass is 16.5. The Labute approximate surface area is 188 Å². The molecule has 0 aliphatic rings.